The predicted molar refractivity (Wildman–Crippen MR) is 145 cm³/mol. The first-order valence-corrected chi connectivity index (χ1v) is 12.2. The van der Waals surface area contributed by atoms with Gasteiger partial charge in [-0.25, -0.2) is 9.59 Å². The summed E-state index contributed by atoms with van der Waals surface area (Å²) >= 11 is 0. The maximum atomic E-state index is 12.4. The molecule has 0 aliphatic rings. The van der Waals surface area contributed by atoms with E-state index in [9.17, 15) is 9.59 Å². The fourth-order valence-corrected chi connectivity index (χ4v) is 3.44. The van der Waals surface area contributed by atoms with Crippen molar-refractivity contribution in [2.24, 2.45) is 0 Å². The van der Waals surface area contributed by atoms with Crippen LogP contribution in [0.4, 0.5) is 4.79 Å². The molecule has 0 heterocycles. The van der Waals surface area contributed by atoms with Crippen LogP contribution in [-0.2, 0) is 22.7 Å². The van der Waals surface area contributed by atoms with Crippen molar-refractivity contribution >= 4 is 12.1 Å². The molecular weight excluding hydrogens is 482 g/mol. The molecule has 3 aromatic carbocycles. The van der Waals surface area contributed by atoms with Crippen LogP contribution in [0.2, 0.25) is 0 Å². The highest BCUT2D eigenvalue weighted by molar-refractivity contribution is 5.91. The van der Waals surface area contributed by atoms with E-state index in [1.165, 1.54) is 7.11 Å². The molecule has 1 N–H and O–H groups in total. The minimum Gasteiger partial charge on any atom is -0.487 e. The van der Waals surface area contributed by atoms with E-state index in [1.54, 1.807) is 32.9 Å². The predicted octanol–water partition coefficient (Wildman–Crippen LogP) is 5.82. The second-order valence-electron chi connectivity index (χ2n) is 9.55. The van der Waals surface area contributed by atoms with Crippen molar-refractivity contribution in [3.63, 3.8) is 0 Å². The number of carbonyl (C=O) groups is 2. The second kappa shape index (κ2) is 13.2. The third kappa shape index (κ3) is 8.90. The molecule has 3 rings (SSSR count). The number of amides is 1. The highest BCUT2D eigenvalue weighted by Gasteiger charge is 2.18. The van der Waals surface area contributed by atoms with Crippen LogP contribution in [0.5, 0.6) is 11.5 Å². The lowest BCUT2D eigenvalue weighted by Gasteiger charge is -2.19. The van der Waals surface area contributed by atoms with E-state index in [-0.39, 0.29) is 25.3 Å². The summed E-state index contributed by atoms with van der Waals surface area (Å²) in [7, 11) is 1.32. The van der Waals surface area contributed by atoms with Crippen molar-refractivity contribution in [1.29, 1.82) is 0 Å². The maximum Gasteiger partial charge on any atom is 0.408 e. The standard InChI is InChI=1S/C31H33NO6/c1-22-11-9-14-24(17-22)21-37-28-19-25(29(33)35-5)18-27(36-20-23-12-7-6-8-13-23)26(28)15-10-16-32-30(34)38-31(2,3)4/h6-9,11-14,17-19H,16,20-21H2,1-5H3,(H,32,34). The zero-order chi connectivity index (χ0) is 27.5. The lowest BCUT2D eigenvalue weighted by molar-refractivity contribution is 0.0533. The van der Waals surface area contributed by atoms with Gasteiger partial charge in [0.2, 0.25) is 0 Å². The van der Waals surface area contributed by atoms with Crippen LogP contribution in [0.25, 0.3) is 0 Å². The highest BCUT2D eigenvalue weighted by Crippen LogP contribution is 2.32. The molecule has 38 heavy (non-hydrogen) atoms. The largest absolute Gasteiger partial charge is 0.487 e. The molecule has 0 aliphatic heterocycles. The highest BCUT2D eigenvalue weighted by atomic mass is 16.6. The number of aryl methyl sites for hydroxylation is 1. The van der Waals surface area contributed by atoms with Crippen molar-refractivity contribution in [3.8, 4) is 23.3 Å². The van der Waals surface area contributed by atoms with Gasteiger partial charge in [-0.3, -0.25) is 0 Å². The molecule has 3 aromatic rings. The van der Waals surface area contributed by atoms with Crippen molar-refractivity contribution in [2.75, 3.05) is 13.7 Å². The summed E-state index contributed by atoms with van der Waals surface area (Å²) in [6.45, 7) is 7.93. The Labute approximate surface area is 224 Å². The van der Waals surface area contributed by atoms with Gasteiger partial charge in [0, 0.05) is 0 Å². The average Bonchev–Trinajstić information content (AvgIpc) is 2.88. The van der Waals surface area contributed by atoms with Gasteiger partial charge in [-0.1, -0.05) is 72.0 Å². The molecule has 0 spiro atoms. The third-order valence-corrected chi connectivity index (χ3v) is 5.13. The topological polar surface area (TPSA) is 83.1 Å². The summed E-state index contributed by atoms with van der Waals surface area (Å²) < 4.78 is 22.5. The SMILES string of the molecule is COC(=O)c1cc(OCc2ccccc2)c(C#CCNC(=O)OC(C)(C)C)c(OCc2cccc(C)c2)c1. The van der Waals surface area contributed by atoms with Crippen LogP contribution in [0.1, 0.15) is 53.4 Å². The molecule has 0 saturated carbocycles. The summed E-state index contributed by atoms with van der Waals surface area (Å²) in [6.07, 6.45) is -0.565. The number of rotatable bonds is 8. The molecule has 7 heteroatoms. The van der Waals surface area contributed by atoms with E-state index in [1.807, 2.05) is 61.5 Å². The summed E-state index contributed by atoms with van der Waals surface area (Å²) in [5.74, 6) is 6.17. The second-order valence-corrected chi connectivity index (χ2v) is 9.55. The first-order valence-electron chi connectivity index (χ1n) is 12.2. The Balaban J connectivity index is 1.94. The quantitative estimate of drug-likeness (QED) is 0.301. The van der Waals surface area contributed by atoms with Gasteiger partial charge in [-0.05, 0) is 51.0 Å². The van der Waals surface area contributed by atoms with Crippen molar-refractivity contribution < 1.29 is 28.5 Å². The molecule has 0 radical (unpaired) electrons. The van der Waals surface area contributed by atoms with Gasteiger partial charge in [0.15, 0.2) is 0 Å². The van der Waals surface area contributed by atoms with Crippen LogP contribution >= 0.6 is 0 Å². The van der Waals surface area contributed by atoms with Crippen LogP contribution < -0.4 is 14.8 Å². The van der Waals surface area contributed by atoms with Crippen LogP contribution in [0, 0.1) is 18.8 Å². The van der Waals surface area contributed by atoms with E-state index < -0.39 is 17.7 Å². The first kappa shape index (κ1) is 28.1. The van der Waals surface area contributed by atoms with Gasteiger partial charge in [0.25, 0.3) is 0 Å². The van der Waals surface area contributed by atoms with Gasteiger partial charge in [0.05, 0.1) is 19.2 Å². The number of hydrogen-bond donors (Lipinski definition) is 1. The molecule has 0 saturated heterocycles. The van der Waals surface area contributed by atoms with Crippen LogP contribution in [0.3, 0.4) is 0 Å². The monoisotopic (exact) mass is 515 g/mol. The average molecular weight is 516 g/mol. The Kier molecular flexibility index (Phi) is 9.78. The fraction of sp³-hybridized carbons (Fsp3) is 0.290. The van der Waals surface area contributed by atoms with E-state index in [0.717, 1.165) is 16.7 Å². The molecule has 0 atom stereocenters. The fourth-order valence-electron chi connectivity index (χ4n) is 3.44. The van der Waals surface area contributed by atoms with Gasteiger partial charge >= 0.3 is 12.1 Å². The molecule has 0 unspecified atom stereocenters. The van der Waals surface area contributed by atoms with Gasteiger partial charge in [-0.2, -0.15) is 0 Å². The smallest absolute Gasteiger partial charge is 0.408 e. The lowest BCUT2D eigenvalue weighted by Crippen LogP contribution is -2.32. The number of esters is 1. The number of benzene rings is 3. The molecule has 0 aromatic heterocycles. The third-order valence-electron chi connectivity index (χ3n) is 5.13. The Morgan fingerprint density at radius 3 is 2.11 bits per heavy atom. The molecule has 7 nitrogen and oxygen atoms in total. The number of alkyl carbamates (subject to hydrolysis) is 1. The molecule has 0 aliphatic carbocycles. The van der Waals surface area contributed by atoms with Gasteiger partial charge < -0.3 is 24.3 Å². The molecule has 198 valence electrons. The zero-order valence-electron chi connectivity index (χ0n) is 22.4. The van der Waals surface area contributed by atoms with Crippen molar-refractivity contribution in [1.82, 2.24) is 5.32 Å². The van der Waals surface area contributed by atoms with E-state index in [4.69, 9.17) is 18.9 Å². The Morgan fingerprint density at radius 1 is 0.868 bits per heavy atom. The Bertz CT molecular complexity index is 1320. The number of carbonyl (C=O) groups excluding carboxylic acids is 2. The van der Waals surface area contributed by atoms with Gasteiger partial charge in [0.1, 0.15) is 35.9 Å². The Hall–Kier alpha value is -4.44. The summed E-state index contributed by atoms with van der Waals surface area (Å²) in [4.78, 5) is 24.4. The summed E-state index contributed by atoms with van der Waals surface area (Å²) in [5.41, 5.74) is 3.12. The Morgan fingerprint density at radius 2 is 1.50 bits per heavy atom. The first-order chi connectivity index (χ1) is 18.1. The normalized spacial score (nSPS) is 10.6. The molecular formula is C31H33NO6. The van der Waals surface area contributed by atoms with Crippen LogP contribution in [0.15, 0.2) is 66.7 Å². The molecule has 1 amide bonds. The summed E-state index contributed by atoms with van der Waals surface area (Å²) in [5, 5.41) is 2.62. The lowest BCUT2D eigenvalue weighted by atomic mass is 10.1. The molecule has 0 bridgehead atoms. The van der Waals surface area contributed by atoms with E-state index in [2.05, 4.69) is 17.2 Å². The zero-order valence-corrected chi connectivity index (χ0v) is 22.4. The van der Waals surface area contributed by atoms with E-state index >= 15 is 0 Å². The van der Waals surface area contributed by atoms with Crippen molar-refractivity contribution in [3.05, 3.63) is 94.5 Å². The number of nitrogens with one attached hydrogen (secondary N) is 1. The van der Waals surface area contributed by atoms with E-state index in [0.29, 0.717) is 17.1 Å². The van der Waals surface area contributed by atoms with Gasteiger partial charge in [-0.15, -0.1) is 0 Å². The minimum atomic E-state index is -0.615. The van der Waals surface area contributed by atoms with Crippen LogP contribution in [-0.4, -0.2) is 31.3 Å². The number of ether oxygens (including phenoxy) is 4. The number of methoxy groups -OCH3 is 1. The number of hydrogen-bond acceptors (Lipinski definition) is 6. The minimum absolute atomic E-state index is 0.0448. The summed E-state index contributed by atoms with van der Waals surface area (Å²) in [6, 6.07) is 20.8. The molecule has 0 fully saturated rings. The maximum absolute atomic E-state index is 12.4. The van der Waals surface area contributed by atoms with Crippen molar-refractivity contribution in [2.45, 2.75) is 46.5 Å².